The van der Waals surface area contributed by atoms with Crippen molar-refractivity contribution in [2.24, 2.45) is 0 Å². The molecule has 0 aliphatic heterocycles. The zero-order chi connectivity index (χ0) is 13.1. The van der Waals surface area contributed by atoms with E-state index in [2.05, 4.69) is 0 Å². The Labute approximate surface area is 103 Å². The molecule has 0 bridgehead atoms. The van der Waals surface area contributed by atoms with Crippen LogP contribution in [0.4, 0.5) is 8.78 Å². The predicted octanol–water partition coefficient (Wildman–Crippen LogP) is 2.95. The SMILES string of the molecule is Oc1cccc(CC(O)c2c(F)cccc2F)c1. The molecule has 0 aliphatic rings. The van der Waals surface area contributed by atoms with E-state index in [0.29, 0.717) is 5.56 Å². The third-order valence-corrected chi connectivity index (χ3v) is 2.67. The molecule has 1 unspecified atom stereocenters. The number of halogens is 2. The van der Waals surface area contributed by atoms with Crippen molar-refractivity contribution in [3.8, 4) is 5.75 Å². The summed E-state index contributed by atoms with van der Waals surface area (Å²) in [5, 5.41) is 19.1. The van der Waals surface area contributed by atoms with Gasteiger partial charge in [0.15, 0.2) is 0 Å². The van der Waals surface area contributed by atoms with Gasteiger partial charge in [-0.25, -0.2) is 8.78 Å². The Hall–Kier alpha value is -1.94. The van der Waals surface area contributed by atoms with Crippen LogP contribution in [-0.2, 0) is 6.42 Å². The van der Waals surface area contributed by atoms with Crippen molar-refractivity contribution in [2.45, 2.75) is 12.5 Å². The standard InChI is InChI=1S/C14H12F2O2/c15-11-5-2-6-12(16)14(11)13(18)8-9-3-1-4-10(17)7-9/h1-7,13,17-18H,8H2. The number of phenolic OH excluding ortho intramolecular Hbond substituents is 1. The maximum atomic E-state index is 13.4. The molecule has 0 radical (unpaired) electrons. The van der Waals surface area contributed by atoms with Crippen molar-refractivity contribution in [1.29, 1.82) is 0 Å². The molecule has 0 saturated heterocycles. The second-order valence-corrected chi connectivity index (χ2v) is 4.03. The molecule has 4 heteroatoms. The Balaban J connectivity index is 2.25. The summed E-state index contributed by atoms with van der Waals surface area (Å²) in [6, 6.07) is 9.65. The maximum absolute atomic E-state index is 13.4. The molecular weight excluding hydrogens is 238 g/mol. The quantitative estimate of drug-likeness (QED) is 0.879. The molecule has 0 aromatic heterocycles. The van der Waals surface area contributed by atoms with Gasteiger partial charge in [0.2, 0.25) is 0 Å². The van der Waals surface area contributed by atoms with Crippen LogP contribution in [0.3, 0.4) is 0 Å². The molecule has 0 amide bonds. The Kier molecular flexibility index (Phi) is 3.58. The summed E-state index contributed by atoms with van der Waals surface area (Å²) in [4.78, 5) is 0. The number of aliphatic hydroxyl groups is 1. The minimum absolute atomic E-state index is 0.0340. The summed E-state index contributed by atoms with van der Waals surface area (Å²) in [6.07, 6.45) is -1.25. The molecule has 0 spiro atoms. The Morgan fingerprint density at radius 1 is 1.00 bits per heavy atom. The molecule has 0 fully saturated rings. The van der Waals surface area contributed by atoms with E-state index in [1.807, 2.05) is 0 Å². The predicted molar refractivity (Wildman–Crippen MR) is 63.1 cm³/mol. The summed E-state index contributed by atoms with van der Waals surface area (Å²) in [5.74, 6) is -1.50. The van der Waals surface area contributed by atoms with Crippen LogP contribution in [0.2, 0.25) is 0 Å². The highest BCUT2D eigenvalue weighted by Gasteiger charge is 2.18. The Morgan fingerprint density at radius 3 is 2.22 bits per heavy atom. The topological polar surface area (TPSA) is 40.5 Å². The second-order valence-electron chi connectivity index (χ2n) is 4.03. The van der Waals surface area contributed by atoms with E-state index in [-0.39, 0.29) is 17.7 Å². The fourth-order valence-electron chi connectivity index (χ4n) is 1.84. The van der Waals surface area contributed by atoms with E-state index in [1.54, 1.807) is 12.1 Å². The third-order valence-electron chi connectivity index (χ3n) is 2.67. The van der Waals surface area contributed by atoms with Gasteiger partial charge in [0.25, 0.3) is 0 Å². The largest absolute Gasteiger partial charge is 0.508 e. The minimum atomic E-state index is -1.28. The van der Waals surface area contributed by atoms with Crippen molar-refractivity contribution in [1.82, 2.24) is 0 Å². The van der Waals surface area contributed by atoms with Crippen molar-refractivity contribution in [3.05, 3.63) is 65.2 Å². The minimum Gasteiger partial charge on any atom is -0.508 e. The smallest absolute Gasteiger partial charge is 0.131 e. The van der Waals surface area contributed by atoms with Crippen LogP contribution in [-0.4, -0.2) is 10.2 Å². The zero-order valence-electron chi connectivity index (χ0n) is 9.48. The van der Waals surface area contributed by atoms with Gasteiger partial charge in [0.05, 0.1) is 11.7 Å². The van der Waals surface area contributed by atoms with Crippen LogP contribution < -0.4 is 0 Å². The van der Waals surface area contributed by atoms with Gasteiger partial charge in [0, 0.05) is 6.42 Å². The zero-order valence-corrected chi connectivity index (χ0v) is 9.48. The number of aromatic hydroxyl groups is 1. The number of benzene rings is 2. The second kappa shape index (κ2) is 5.14. The van der Waals surface area contributed by atoms with Gasteiger partial charge in [0.1, 0.15) is 17.4 Å². The summed E-state index contributed by atoms with van der Waals surface area (Å²) in [7, 11) is 0. The Morgan fingerprint density at radius 2 is 1.61 bits per heavy atom. The molecule has 0 aliphatic carbocycles. The average molecular weight is 250 g/mol. The first-order valence-electron chi connectivity index (χ1n) is 5.48. The first-order chi connectivity index (χ1) is 8.58. The maximum Gasteiger partial charge on any atom is 0.131 e. The van der Waals surface area contributed by atoms with Gasteiger partial charge >= 0.3 is 0 Å². The van der Waals surface area contributed by atoms with E-state index in [1.165, 1.54) is 18.2 Å². The molecular formula is C14H12F2O2. The van der Waals surface area contributed by atoms with E-state index in [0.717, 1.165) is 12.1 Å². The number of aliphatic hydroxyl groups excluding tert-OH is 1. The van der Waals surface area contributed by atoms with Crippen LogP contribution in [0.1, 0.15) is 17.2 Å². The van der Waals surface area contributed by atoms with Gasteiger partial charge in [-0.3, -0.25) is 0 Å². The van der Waals surface area contributed by atoms with Crippen LogP contribution in [0, 0.1) is 11.6 Å². The molecule has 2 N–H and O–H groups in total. The molecule has 2 nitrogen and oxygen atoms in total. The lowest BCUT2D eigenvalue weighted by Gasteiger charge is -2.13. The summed E-state index contributed by atoms with van der Waals surface area (Å²) in [6.45, 7) is 0. The molecule has 1 atom stereocenters. The van der Waals surface area contributed by atoms with E-state index in [9.17, 15) is 19.0 Å². The van der Waals surface area contributed by atoms with Gasteiger partial charge in [-0.05, 0) is 29.8 Å². The molecule has 18 heavy (non-hydrogen) atoms. The van der Waals surface area contributed by atoms with E-state index < -0.39 is 17.7 Å². The van der Waals surface area contributed by atoms with Crippen molar-refractivity contribution >= 4 is 0 Å². The number of hydrogen-bond acceptors (Lipinski definition) is 2. The van der Waals surface area contributed by atoms with Crippen molar-refractivity contribution < 1.29 is 19.0 Å². The van der Waals surface area contributed by atoms with Crippen LogP contribution >= 0.6 is 0 Å². The summed E-state index contributed by atoms with van der Waals surface area (Å²) < 4.78 is 26.9. The summed E-state index contributed by atoms with van der Waals surface area (Å²) in [5.41, 5.74) is 0.256. The van der Waals surface area contributed by atoms with E-state index >= 15 is 0 Å². The first kappa shape index (κ1) is 12.5. The van der Waals surface area contributed by atoms with Crippen molar-refractivity contribution in [2.75, 3.05) is 0 Å². The lowest BCUT2D eigenvalue weighted by atomic mass is 10.0. The molecule has 2 aromatic rings. The number of hydrogen-bond donors (Lipinski definition) is 2. The fraction of sp³-hybridized carbons (Fsp3) is 0.143. The third kappa shape index (κ3) is 2.65. The molecule has 2 rings (SSSR count). The highest BCUT2D eigenvalue weighted by atomic mass is 19.1. The van der Waals surface area contributed by atoms with E-state index in [4.69, 9.17) is 0 Å². The van der Waals surface area contributed by atoms with Gasteiger partial charge in [-0.15, -0.1) is 0 Å². The van der Waals surface area contributed by atoms with Gasteiger partial charge < -0.3 is 10.2 Å². The molecule has 0 saturated carbocycles. The highest BCUT2D eigenvalue weighted by Crippen LogP contribution is 2.24. The fourth-order valence-corrected chi connectivity index (χ4v) is 1.84. The van der Waals surface area contributed by atoms with Crippen LogP contribution in [0.25, 0.3) is 0 Å². The van der Waals surface area contributed by atoms with Crippen LogP contribution in [0.5, 0.6) is 5.75 Å². The summed E-state index contributed by atoms with van der Waals surface area (Å²) >= 11 is 0. The lowest BCUT2D eigenvalue weighted by molar-refractivity contribution is 0.168. The van der Waals surface area contributed by atoms with Crippen molar-refractivity contribution in [3.63, 3.8) is 0 Å². The normalized spacial score (nSPS) is 12.4. The molecule has 0 heterocycles. The number of phenols is 1. The molecule has 2 aromatic carbocycles. The molecule has 94 valence electrons. The highest BCUT2D eigenvalue weighted by molar-refractivity contribution is 5.30. The van der Waals surface area contributed by atoms with Gasteiger partial charge in [-0.2, -0.15) is 0 Å². The average Bonchev–Trinajstić information content (AvgIpc) is 2.28. The van der Waals surface area contributed by atoms with Gasteiger partial charge in [-0.1, -0.05) is 18.2 Å². The Bertz CT molecular complexity index is 535. The lowest BCUT2D eigenvalue weighted by Crippen LogP contribution is -2.07. The first-order valence-corrected chi connectivity index (χ1v) is 5.48. The number of rotatable bonds is 3. The van der Waals surface area contributed by atoms with Crippen LogP contribution in [0.15, 0.2) is 42.5 Å². The monoisotopic (exact) mass is 250 g/mol.